The highest BCUT2D eigenvalue weighted by Gasteiger charge is 2.34. The Kier molecular flexibility index (Phi) is 9.99. The van der Waals surface area contributed by atoms with Gasteiger partial charge in [0.1, 0.15) is 5.82 Å². The number of nitrogens with one attached hydrogen (secondary N) is 1. The second-order valence-corrected chi connectivity index (χ2v) is 10.7. The third-order valence-electron chi connectivity index (χ3n) is 5.67. The van der Waals surface area contributed by atoms with Crippen LogP contribution in [0.25, 0.3) is 6.08 Å². The van der Waals surface area contributed by atoms with Crippen molar-refractivity contribution in [3.05, 3.63) is 92.1 Å². The summed E-state index contributed by atoms with van der Waals surface area (Å²) in [6, 6.07) is 18.9. The van der Waals surface area contributed by atoms with Crippen molar-refractivity contribution in [3.63, 3.8) is 0 Å². The Morgan fingerprint density at radius 3 is 2.54 bits per heavy atom. The zero-order chi connectivity index (χ0) is 27.8. The van der Waals surface area contributed by atoms with Crippen molar-refractivity contribution in [2.24, 2.45) is 0 Å². The van der Waals surface area contributed by atoms with Gasteiger partial charge < -0.3 is 14.8 Å². The fourth-order valence-corrected chi connectivity index (χ4v) is 5.52. The molecule has 3 aromatic carbocycles. The average molecular weight is 661 g/mol. The molecule has 0 bridgehead atoms. The van der Waals surface area contributed by atoms with E-state index in [0.29, 0.717) is 50.8 Å². The van der Waals surface area contributed by atoms with Crippen molar-refractivity contribution in [1.82, 2.24) is 4.90 Å². The van der Waals surface area contributed by atoms with E-state index < -0.39 is 11.7 Å². The number of amides is 3. The van der Waals surface area contributed by atoms with Gasteiger partial charge in [0.2, 0.25) is 0 Å². The van der Waals surface area contributed by atoms with Crippen LogP contribution in [0.5, 0.6) is 11.5 Å². The van der Waals surface area contributed by atoms with Gasteiger partial charge in [0.05, 0.1) is 15.1 Å². The van der Waals surface area contributed by atoms with Crippen molar-refractivity contribution in [1.29, 1.82) is 0 Å². The molecule has 1 N–H and O–H groups in total. The molecule has 3 aromatic rings. The monoisotopic (exact) mass is 660 g/mol. The number of rotatable bonds is 11. The summed E-state index contributed by atoms with van der Waals surface area (Å²) in [7, 11) is 0. The molecule has 1 fully saturated rings. The Hall–Kier alpha value is -3.38. The minimum Gasteiger partial charge on any atom is -0.490 e. The molecule has 1 heterocycles. The molecule has 202 valence electrons. The molecule has 3 amide bonds. The first-order chi connectivity index (χ1) is 18.8. The van der Waals surface area contributed by atoms with Crippen LogP contribution in [0.4, 0.5) is 14.9 Å². The Balaban J connectivity index is 1.42. The molecule has 1 aliphatic rings. The second-order valence-electron chi connectivity index (χ2n) is 8.53. The van der Waals surface area contributed by atoms with E-state index in [4.69, 9.17) is 9.47 Å². The summed E-state index contributed by atoms with van der Waals surface area (Å²) in [5, 5.41) is 2.36. The third kappa shape index (κ3) is 7.82. The number of nitrogens with zero attached hydrogens (tertiary/aromatic N) is 1. The number of carbonyl (C=O) groups is 3. The Bertz CT molecular complexity index is 1380. The maximum Gasteiger partial charge on any atom is 0.293 e. The predicted octanol–water partition coefficient (Wildman–Crippen LogP) is 6.52. The lowest BCUT2D eigenvalue weighted by Gasteiger charge is -2.15. The van der Waals surface area contributed by atoms with Gasteiger partial charge in [-0.15, -0.1) is 0 Å². The van der Waals surface area contributed by atoms with Crippen LogP contribution in [-0.4, -0.2) is 41.7 Å². The number of aryl methyl sites for hydroxylation is 1. The van der Waals surface area contributed by atoms with Crippen molar-refractivity contribution in [2.75, 3.05) is 25.1 Å². The quantitative estimate of drug-likeness (QED) is 0.187. The molecule has 7 nitrogen and oxygen atoms in total. The highest BCUT2D eigenvalue weighted by molar-refractivity contribution is 14.1. The Morgan fingerprint density at radius 2 is 1.82 bits per heavy atom. The summed E-state index contributed by atoms with van der Waals surface area (Å²) in [4.78, 5) is 39.5. The summed E-state index contributed by atoms with van der Waals surface area (Å²) < 4.78 is 25.3. The fourth-order valence-electron chi connectivity index (χ4n) is 3.87. The first-order valence-electron chi connectivity index (χ1n) is 12.3. The van der Waals surface area contributed by atoms with Gasteiger partial charge in [0.15, 0.2) is 18.1 Å². The normalized spacial score (nSPS) is 14.1. The van der Waals surface area contributed by atoms with Crippen molar-refractivity contribution < 1.29 is 28.2 Å². The van der Waals surface area contributed by atoms with Crippen LogP contribution in [0.1, 0.15) is 24.5 Å². The van der Waals surface area contributed by atoms with E-state index in [2.05, 4.69) is 27.9 Å². The number of thioether (sulfide) groups is 1. The smallest absolute Gasteiger partial charge is 0.293 e. The van der Waals surface area contributed by atoms with Crippen LogP contribution in [0.2, 0.25) is 0 Å². The van der Waals surface area contributed by atoms with Crippen LogP contribution in [0, 0.1) is 9.39 Å². The van der Waals surface area contributed by atoms with E-state index >= 15 is 0 Å². The van der Waals surface area contributed by atoms with Crippen molar-refractivity contribution in [3.8, 4) is 11.5 Å². The molecule has 10 heteroatoms. The zero-order valence-electron chi connectivity index (χ0n) is 21.1. The van der Waals surface area contributed by atoms with Crippen LogP contribution < -0.4 is 14.8 Å². The molecule has 0 atom stereocenters. The van der Waals surface area contributed by atoms with Gasteiger partial charge in [-0.2, -0.15) is 0 Å². The number of hydrogen-bond donors (Lipinski definition) is 1. The Labute approximate surface area is 243 Å². The van der Waals surface area contributed by atoms with Gasteiger partial charge in [0.25, 0.3) is 17.1 Å². The fraction of sp³-hybridized carbons (Fsp3) is 0.207. The number of hydrogen-bond acceptors (Lipinski definition) is 6. The highest BCUT2D eigenvalue weighted by atomic mass is 127. The number of anilines is 1. The second kappa shape index (κ2) is 13.6. The standard InChI is InChI=1S/C29H26FIN2O5S/c1-2-37-24-16-20(15-23(31)27(24)38-18-26(34)32-22-12-10-21(30)11-13-22)17-25-28(35)33(29(36)39-25)14-6-9-19-7-4-3-5-8-19/h3-5,7-8,10-13,15-17H,2,6,9,14,18H2,1H3,(H,32,34)/b25-17+. The van der Waals surface area contributed by atoms with Crippen molar-refractivity contribution in [2.45, 2.75) is 19.8 Å². The first kappa shape index (κ1) is 28.6. The number of halogens is 2. The molecule has 0 aliphatic carbocycles. The average Bonchev–Trinajstić information content (AvgIpc) is 3.17. The summed E-state index contributed by atoms with van der Waals surface area (Å²) in [5.41, 5.74) is 2.28. The van der Waals surface area contributed by atoms with Gasteiger partial charge in [-0.05, 0) is 108 Å². The van der Waals surface area contributed by atoms with Crippen molar-refractivity contribution >= 4 is 63.2 Å². The van der Waals surface area contributed by atoms with Gasteiger partial charge >= 0.3 is 0 Å². The summed E-state index contributed by atoms with van der Waals surface area (Å²) >= 11 is 2.99. The number of imide groups is 1. The van der Waals surface area contributed by atoms with Crippen LogP contribution in [0.15, 0.2) is 71.6 Å². The lowest BCUT2D eigenvalue weighted by atomic mass is 10.1. The maximum atomic E-state index is 13.1. The van der Waals surface area contributed by atoms with E-state index in [9.17, 15) is 18.8 Å². The van der Waals surface area contributed by atoms with Gasteiger partial charge in [-0.25, -0.2) is 4.39 Å². The van der Waals surface area contributed by atoms with E-state index in [-0.39, 0.29) is 17.8 Å². The molecular formula is C29H26FIN2O5S. The molecule has 0 radical (unpaired) electrons. The number of benzene rings is 3. The van der Waals surface area contributed by atoms with E-state index in [1.54, 1.807) is 18.2 Å². The minimum absolute atomic E-state index is 0.283. The van der Waals surface area contributed by atoms with E-state index in [0.717, 1.165) is 23.7 Å². The van der Waals surface area contributed by atoms with Crippen LogP contribution in [-0.2, 0) is 16.0 Å². The van der Waals surface area contributed by atoms with Gasteiger partial charge in [-0.3, -0.25) is 19.3 Å². The molecular weight excluding hydrogens is 634 g/mol. The molecule has 0 saturated carbocycles. The Morgan fingerprint density at radius 1 is 1.08 bits per heavy atom. The van der Waals surface area contributed by atoms with E-state index in [1.807, 2.05) is 37.3 Å². The summed E-state index contributed by atoms with van der Waals surface area (Å²) in [6.45, 7) is 2.25. The lowest BCUT2D eigenvalue weighted by molar-refractivity contribution is -0.122. The maximum absolute atomic E-state index is 13.1. The molecule has 1 saturated heterocycles. The van der Waals surface area contributed by atoms with Crippen LogP contribution in [0.3, 0.4) is 0 Å². The molecule has 39 heavy (non-hydrogen) atoms. The summed E-state index contributed by atoms with van der Waals surface area (Å²) in [6.07, 6.45) is 3.13. The largest absolute Gasteiger partial charge is 0.490 e. The minimum atomic E-state index is -0.412. The number of carbonyl (C=O) groups excluding carboxylic acids is 3. The molecule has 1 aliphatic heterocycles. The zero-order valence-corrected chi connectivity index (χ0v) is 24.1. The third-order valence-corrected chi connectivity index (χ3v) is 7.38. The highest BCUT2D eigenvalue weighted by Crippen LogP contribution is 2.37. The predicted molar refractivity (Wildman–Crippen MR) is 158 cm³/mol. The molecule has 0 aromatic heterocycles. The lowest BCUT2D eigenvalue weighted by Crippen LogP contribution is -2.29. The van der Waals surface area contributed by atoms with Gasteiger partial charge in [0, 0.05) is 12.2 Å². The summed E-state index contributed by atoms with van der Waals surface area (Å²) in [5.74, 6) is -0.327. The SMILES string of the molecule is CCOc1cc(/C=C2/SC(=O)N(CCCc3ccccc3)C2=O)cc(I)c1OCC(=O)Nc1ccc(F)cc1. The first-order valence-corrected chi connectivity index (χ1v) is 14.2. The molecule has 4 rings (SSSR count). The number of ether oxygens (including phenoxy) is 2. The topological polar surface area (TPSA) is 84.9 Å². The van der Waals surface area contributed by atoms with E-state index in [1.165, 1.54) is 29.2 Å². The molecule has 0 spiro atoms. The van der Waals surface area contributed by atoms with Crippen LogP contribution >= 0.6 is 34.4 Å². The molecule has 0 unspecified atom stereocenters. The van der Waals surface area contributed by atoms with Gasteiger partial charge in [-0.1, -0.05) is 30.3 Å².